The number of nitrogens with zero attached hydrogens (tertiary/aromatic N) is 5. The van der Waals surface area contributed by atoms with Gasteiger partial charge in [0.1, 0.15) is 0 Å². The summed E-state index contributed by atoms with van der Waals surface area (Å²) in [5.41, 5.74) is 7.45. The lowest BCUT2D eigenvalue weighted by Crippen LogP contribution is -2.25. The quantitative estimate of drug-likeness (QED) is 0.403. The highest BCUT2D eigenvalue weighted by Gasteiger charge is 2.21. The van der Waals surface area contributed by atoms with Crippen LogP contribution >= 0.6 is 11.6 Å². The first-order valence-electron chi connectivity index (χ1n) is 11.4. The van der Waals surface area contributed by atoms with E-state index in [1.54, 1.807) is 0 Å². The van der Waals surface area contributed by atoms with Crippen LogP contribution in [0.3, 0.4) is 0 Å². The van der Waals surface area contributed by atoms with Crippen LogP contribution in [0.1, 0.15) is 52.5 Å². The smallest absolute Gasteiger partial charge is 0.173 e. The van der Waals surface area contributed by atoms with E-state index >= 15 is 0 Å². The first-order valence-corrected chi connectivity index (χ1v) is 11.8. The van der Waals surface area contributed by atoms with Crippen molar-refractivity contribution in [2.24, 2.45) is 0 Å². The summed E-state index contributed by atoms with van der Waals surface area (Å²) in [4.78, 5) is 4.21. The highest BCUT2D eigenvalue weighted by atomic mass is 35.5. The van der Waals surface area contributed by atoms with E-state index in [0.717, 1.165) is 47.8 Å². The third kappa shape index (κ3) is 4.97. The van der Waals surface area contributed by atoms with E-state index in [1.165, 1.54) is 28.7 Å². The number of benzene rings is 2. The fourth-order valence-corrected chi connectivity index (χ4v) is 4.76. The van der Waals surface area contributed by atoms with Gasteiger partial charge in [0.15, 0.2) is 5.82 Å². The maximum absolute atomic E-state index is 6.21. The van der Waals surface area contributed by atoms with E-state index in [2.05, 4.69) is 63.1 Å². The Labute approximate surface area is 199 Å². The van der Waals surface area contributed by atoms with Gasteiger partial charge in [-0.3, -0.25) is 4.98 Å². The molecular formula is C26H27ClN6. The number of aryl methyl sites for hydroxylation is 4. The Morgan fingerprint density at radius 3 is 2.88 bits per heavy atom. The van der Waals surface area contributed by atoms with Crippen LogP contribution in [-0.2, 0) is 25.8 Å². The van der Waals surface area contributed by atoms with Crippen molar-refractivity contribution in [3.63, 3.8) is 0 Å². The van der Waals surface area contributed by atoms with Crippen LogP contribution in [0.5, 0.6) is 0 Å². The van der Waals surface area contributed by atoms with Gasteiger partial charge in [0.05, 0.1) is 11.7 Å². The standard InChI is InChI=1S/C26H27ClN6/c1-18-16-28-13-12-22(18)17-29-25(11-8-19-4-2-7-23(27)14-19)26-30-31-32-33(26)24-10-9-20-5-3-6-21(20)15-24/h2,4,7,9-10,12-16,25,29H,3,5-6,8,11,17H2,1H3. The number of aromatic nitrogens is 5. The van der Waals surface area contributed by atoms with Gasteiger partial charge >= 0.3 is 0 Å². The maximum atomic E-state index is 6.21. The molecule has 0 saturated carbocycles. The molecule has 0 amide bonds. The van der Waals surface area contributed by atoms with Crippen LogP contribution in [-0.4, -0.2) is 25.2 Å². The van der Waals surface area contributed by atoms with Gasteiger partial charge < -0.3 is 5.32 Å². The summed E-state index contributed by atoms with van der Waals surface area (Å²) >= 11 is 6.21. The maximum Gasteiger partial charge on any atom is 0.173 e. The number of halogens is 1. The molecule has 2 aromatic heterocycles. The number of hydrogen-bond donors (Lipinski definition) is 1. The number of pyridine rings is 1. The van der Waals surface area contributed by atoms with Crippen molar-refractivity contribution in [2.75, 3.05) is 0 Å². The summed E-state index contributed by atoms with van der Waals surface area (Å²) in [6.45, 7) is 2.80. The van der Waals surface area contributed by atoms with Crippen molar-refractivity contribution in [3.8, 4) is 5.69 Å². The van der Waals surface area contributed by atoms with Crippen molar-refractivity contribution in [2.45, 2.75) is 51.6 Å². The third-order valence-electron chi connectivity index (χ3n) is 6.42. The lowest BCUT2D eigenvalue weighted by Gasteiger charge is -2.19. The van der Waals surface area contributed by atoms with E-state index in [-0.39, 0.29) is 6.04 Å². The van der Waals surface area contributed by atoms with Crippen LogP contribution < -0.4 is 5.32 Å². The number of tetrazole rings is 1. The Hall–Kier alpha value is -3.09. The van der Waals surface area contributed by atoms with Crippen LogP contribution in [0, 0.1) is 6.92 Å². The predicted octanol–water partition coefficient (Wildman–Crippen LogP) is 4.97. The van der Waals surface area contributed by atoms with E-state index in [4.69, 9.17) is 11.6 Å². The lowest BCUT2D eigenvalue weighted by molar-refractivity contribution is 0.465. The summed E-state index contributed by atoms with van der Waals surface area (Å²) in [5, 5.41) is 17.3. The number of rotatable bonds is 8. The minimum absolute atomic E-state index is 0.0280. The van der Waals surface area contributed by atoms with E-state index in [1.807, 2.05) is 35.3 Å². The van der Waals surface area contributed by atoms with E-state index < -0.39 is 0 Å². The molecule has 1 aliphatic carbocycles. The van der Waals surface area contributed by atoms with Crippen molar-refractivity contribution in [3.05, 3.63) is 99.6 Å². The molecule has 0 radical (unpaired) electrons. The Morgan fingerprint density at radius 1 is 1.09 bits per heavy atom. The van der Waals surface area contributed by atoms with Gasteiger partial charge in [0.25, 0.3) is 0 Å². The molecule has 0 fully saturated rings. The van der Waals surface area contributed by atoms with Gasteiger partial charge in [-0.15, -0.1) is 5.10 Å². The molecule has 7 heteroatoms. The van der Waals surface area contributed by atoms with Crippen LogP contribution in [0.15, 0.2) is 60.9 Å². The number of nitrogens with one attached hydrogen (secondary N) is 1. The highest BCUT2D eigenvalue weighted by Crippen LogP contribution is 2.26. The van der Waals surface area contributed by atoms with Crippen molar-refractivity contribution in [1.29, 1.82) is 0 Å². The monoisotopic (exact) mass is 458 g/mol. The molecule has 1 N–H and O–H groups in total. The molecule has 0 aliphatic heterocycles. The zero-order valence-corrected chi connectivity index (χ0v) is 19.5. The van der Waals surface area contributed by atoms with Gasteiger partial charge in [0.2, 0.25) is 0 Å². The van der Waals surface area contributed by atoms with E-state index in [9.17, 15) is 0 Å². The van der Waals surface area contributed by atoms with Gasteiger partial charge in [-0.2, -0.15) is 4.68 Å². The molecule has 5 rings (SSSR count). The van der Waals surface area contributed by atoms with Gasteiger partial charge in [0, 0.05) is 24.0 Å². The largest absolute Gasteiger partial charge is 0.303 e. The second kappa shape index (κ2) is 9.81. The summed E-state index contributed by atoms with van der Waals surface area (Å²) in [5.74, 6) is 0.821. The highest BCUT2D eigenvalue weighted by molar-refractivity contribution is 6.30. The summed E-state index contributed by atoms with van der Waals surface area (Å²) in [6.07, 6.45) is 8.94. The van der Waals surface area contributed by atoms with Crippen LogP contribution in [0.25, 0.3) is 5.69 Å². The molecule has 0 saturated heterocycles. The fourth-order valence-electron chi connectivity index (χ4n) is 4.54. The Bertz CT molecular complexity index is 1250. The molecular weight excluding hydrogens is 432 g/mol. The van der Waals surface area contributed by atoms with Gasteiger partial charge in [-0.1, -0.05) is 29.8 Å². The third-order valence-corrected chi connectivity index (χ3v) is 6.65. The Morgan fingerprint density at radius 2 is 2.00 bits per heavy atom. The zero-order valence-electron chi connectivity index (χ0n) is 18.7. The Kier molecular flexibility index (Phi) is 6.46. The average molecular weight is 459 g/mol. The number of fused-ring (bicyclic) bond motifs is 1. The molecule has 1 atom stereocenters. The minimum Gasteiger partial charge on any atom is -0.303 e. The molecule has 2 aromatic carbocycles. The second-order valence-corrected chi connectivity index (χ2v) is 9.10. The lowest BCUT2D eigenvalue weighted by atomic mass is 10.0. The molecule has 168 valence electrons. The van der Waals surface area contributed by atoms with Crippen molar-refractivity contribution < 1.29 is 0 Å². The molecule has 0 spiro atoms. The zero-order chi connectivity index (χ0) is 22.6. The normalized spacial score (nSPS) is 13.8. The molecule has 1 unspecified atom stereocenters. The first-order chi connectivity index (χ1) is 16.2. The molecule has 0 bridgehead atoms. The summed E-state index contributed by atoms with van der Waals surface area (Å²) < 4.78 is 1.88. The predicted molar refractivity (Wildman–Crippen MR) is 130 cm³/mol. The molecule has 4 aromatic rings. The first kappa shape index (κ1) is 21.7. The average Bonchev–Trinajstić information content (AvgIpc) is 3.49. The number of hydrogen-bond acceptors (Lipinski definition) is 5. The summed E-state index contributed by atoms with van der Waals surface area (Å²) in [6, 6.07) is 16.6. The molecule has 33 heavy (non-hydrogen) atoms. The molecule has 2 heterocycles. The minimum atomic E-state index is -0.0280. The van der Waals surface area contributed by atoms with Crippen LogP contribution in [0.4, 0.5) is 0 Å². The molecule has 6 nitrogen and oxygen atoms in total. The Balaban J connectivity index is 1.42. The van der Waals surface area contributed by atoms with Crippen molar-refractivity contribution >= 4 is 11.6 Å². The van der Waals surface area contributed by atoms with Crippen molar-refractivity contribution in [1.82, 2.24) is 30.5 Å². The van der Waals surface area contributed by atoms with Crippen LogP contribution in [0.2, 0.25) is 5.02 Å². The van der Waals surface area contributed by atoms with Gasteiger partial charge in [-0.05, 0) is 108 Å². The van der Waals surface area contributed by atoms with E-state index in [0.29, 0.717) is 6.54 Å². The fraction of sp³-hybridized carbons (Fsp3) is 0.308. The van der Waals surface area contributed by atoms with Gasteiger partial charge in [-0.25, -0.2) is 0 Å². The second-order valence-electron chi connectivity index (χ2n) is 8.66. The molecule has 1 aliphatic rings. The topological polar surface area (TPSA) is 68.5 Å². The summed E-state index contributed by atoms with van der Waals surface area (Å²) in [7, 11) is 0. The SMILES string of the molecule is Cc1cnccc1CNC(CCc1cccc(Cl)c1)c1nnnn1-c1ccc2c(c1)CCC2.